The lowest BCUT2D eigenvalue weighted by Gasteiger charge is -2.10. The second-order valence-electron chi connectivity index (χ2n) is 3.56. The highest BCUT2D eigenvalue weighted by Crippen LogP contribution is 2.17. The topological polar surface area (TPSA) is 93.4 Å². The van der Waals surface area contributed by atoms with Gasteiger partial charge in [-0.15, -0.1) is 0 Å². The van der Waals surface area contributed by atoms with E-state index in [1.165, 1.54) is 7.11 Å². The molecule has 0 aliphatic heterocycles. The van der Waals surface area contributed by atoms with Crippen molar-refractivity contribution in [1.29, 1.82) is 0 Å². The lowest BCUT2D eigenvalue weighted by atomic mass is 10.2. The number of methoxy groups -OCH3 is 1. The minimum atomic E-state index is -3.57. The molecule has 7 heteroatoms. The van der Waals surface area contributed by atoms with Crippen molar-refractivity contribution >= 4 is 21.6 Å². The van der Waals surface area contributed by atoms with Crippen molar-refractivity contribution in [1.82, 2.24) is 4.72 Å². The smallest absolute Gasteiger partial charge is 0.299 e. The van der Waals surface area contributed by atoms with Crippen LogP contribution in [0.4, 0.5) is 11.4 Å². The van der Waals surface area contributed by atoms with Gasteiger partial charge in [-0.05, 0) is 24.6 Å². The Labute approximate surface area is 101 Å². The van der Waals surface area contributed by atoms with Crippen LogP contribution in [0.2, 0.25) is 0 Å². The third kappa shape index (κ3) is 4.59. The van der Waals surface area contributed by atoms with Crippen molar-refractivity contribution in [2.75, 3.05) is 30.7 Å². The summed E-state index contributed by atoms with van der Waals surface area (Å²) in [5.74, 6) is 0. The molecule has 1 rings (SSSR count). The highest BCUT2D eigenvalue weighted by Gasteiger charge is 2.09. The quantitative estimate of drug-likeness (QED) is 0.511. The Morgan fingerprint density at radius 3 is 2.71 bits per heavy atom. The van der Waals surface area contributed by atoms with Crippen LogP contribution in [0, 0.1) is 6.92 Å². The van der Waals surface area contributed by atoms with Gasteiger partial charge < -0.3 is 10.5 Å². The minimum Gasteiger partial charge on any atom is -0.398 e. The molecule has 0 heterocycles. The zero-order chi connectivity index (χ0) is 12.9. The van der Waals surface area contributed by atoms with Gasteiger partial charge in [-0.3, -0.25) is 4.72 Å². The molecular formula is C10H17N3O3S. The van der Waals surface area contributed by atoms with Crippen molar-refractivity contribution in [3.05, 3.63) is 23.8 Å². The van der Waals surface area contributed by atoms with E-state index in [0.29, 0.717) is 18.0 Å². The number of ether oxygens (including phenoxy) is 1. The third-order valence-electron chi connectivity index (χ3n) is 2.13. The first kappa shape index (κ1) is 13.8. The molecule has 0 aliphatic rings. The number of nitrogens with one attached hydrogen (secondary N) is 2. The Morgan fingerprint density at radius 1 is 1.41 bits per heavy atom. The molecule has 96 valence electrons. The zero-order valence-electron chi connectivity index (χ0n) is 9.86. The number of rotatable bonds is 6. The standard InChI is InChI=1S/C10H17N3O3S/c1-8-3-4-9(7-10(8)11)13-17(14,15)12-5-6-16-2/h3-4,7,12-13H,5-6,11H2,1-2H3. The molecule has 0 saturated heterocycles. The zero-order valence-corrected chi connectivity index (χ0v) is 10.7. The Hall–Kier alpha value is -1.31. The van der Waals surface area contributed by atoms with Gasteiger partial charge in [-0.1, -0.05) is 6.07 Å². The van der Waals surface area contributed by atoms with Crippen LogP contribution < -0.4 is 15.2 Å². The van der Waals surface area contributed by atoms with Gasteiger partial charge in [0.2, 0.25) is 0 Å². The number of aryl methyl sites for hydroxylation is 1. The molecule has 0 amide bonds. The highest BCUT2D eigenvalue weighted by molar-refractivity contribution is 7.90. The number of nitrogen functional groups attached to an aromatic ring is 1. The number of hydrogen-bond acceptors (Lipinski definition) is 4. The summed E-state index contributed by atoms with van der Waals surface area (Å²) in [6.07, 6.45) is 0. The normalized spacial score (nSPS) is 11.4. The number of nitrogens with two attached hydrogens (primary N) is 1. The van der Waals surface area contributed by atoms with Crippen LogP contribution in [0.15, 0.2) is 18.2 Å². The van der Waals surface area contributed by atoms with Crippen LogP contribution in [0.5, 0.6) is 0 Å². The molecule has 0 bridgehead atoms. The first-order chi connectivity index (χ1) is 7.94. The predicted octanol–water partition coefficient (Wildman–Crippen LogP) is 0.470. The Morgan fingerprint density at radius 2 is 2.12 bits per heavy atom. The molecule has 4 N–H and O–H groups in total. The highest BCUT2D eigenvalue weighted by atomic mass is 32.2. The maximum Gasteiger partial charge on any atom is 0.299 e. The van der Waals surface area contributed by atoms with E-state index in [0.717, 1.165) is 5.56 Å². The molecule has 17 heavy (non-hydrogen) atoms. The van der Waals surface area contributed by atoms with Gasteiger partial charge in [0.05, 0.1) is 12.3 Å². The molecule has 0 saturated carbocycles. The van der Waals surface area contributed by atoms with E-state index < -0.39 is 10.2 Å². The molecule has 6 nitrogen and oxygen atoms in total. The molecule has 0 aliphatic carbocycles. The Kier molecular flexibility index (Phi) is 4.73. The molecule has 1 aromatic rings. The first-order valence-corrected chi connectivity index (χ1v) is 6.55. The van der Waals surface area contributed by atoms with Gasteiger partial charge in [0.1, 0.15) is 0 Å². The Bertz CT molecular complexity index is 474. The van der Waals surface area contributed by atoms with Crippen molar-refractivity contribution in [2.45, 2.75) is 6.92 Å². The molecule has 0 spiro atoms. The van der Waals surface area contributed by atoms with Crippen LogP contribution in [0.3, 0.4) is 0 Å². The molecular weight excluding hydrogens is 242 g/mol. The molecule has 0 atom stereocenters. The van der Waals surface area contributed by atoms with Crippen molar-refractivity contribution in [2.24, 2.45) is 0 Å². The van der Waals surface area contributed by atoms with Gasteiger partial charge in [0.25, 0.3) is 10.2 Å². The lowest BCUT2D eigenvalue weighted by molar-refractivity contribution is 0.204. The van der Waals surface area contributed by atoms with E-state index in [4.69, 9.17) is 10.5 Å². The number of hydrogen-bond donors (Lipinski definition) is 3. The second kappa shape index (κ2) is 5.85. The predicted molar refractivity (Wildman–Crippen MR) is 68.0 cm³/mol. The first-order valence-electron chi connectivity index (χ1n) is 5.07. The van der Waals surface area contributed by atoms with E-state index in [2.05, 4.69) is 9.44 Å². The molecule has 0 aromatic heterocycles. The monoisotopic (exact) mass is 259 g/mol. The van der Waals surface area contributed by atoms with E-state index in [1.54, 1.807) is 18.2 Å². The fourth-order valence-electron chi connectivity index (χ4n) is 1.17. The maximum absolute atomic E-state index is 11.6. The average molecular weight is 259 g/mol. The van der Waals surface area contributed by atoms with Crippen LogP contribution in [-0.4, -0.2) is 28.7 Å². The molecule has 0 fully saturated rings. The number of benzene rings is 1. The van der Waals surface area contributed by atoms with Crippen LogP contribution in [0.25, 0.3) is 0 Å². The van der Waals surface area contributed by atoms with Gasteiger partial charge in [0.15, 0.2) is 0 Å². The van der Waals surface area contributed by atoms with Crippen molar-refractivity contribution in [3.8, 4) is 0 Å². The number of anilines is 2. The summed E-state index contributed by atoms with van der Waals surface area (Å²) in [7, 11) is -2.07. The summed E-state index contributed by atoms with van der Waals surface area (Å²) in [4.78, 5) is 0. The van der Waals surface area contributed by atoms with Gasteiger partial charge in [-0.2, -0.15) is 13.1 Å². The van der Waals surface area contributed by atoms with Crippen LogP contribution >= 0.6 is 0 Å². The summed E-state index contributed by atoms with van der Waals surface area (Å²) in [6.45, 7) is 2.38. The SMILES string of the molecule is COCCNS(=O)(=O)Nc1ccc(C)c(N)c1. The van der Waals surface area contributed by atoms with Crippen LogP contribution in [-0.2, 0) is 14.9 Å². The Balaban J connectivity index is 2.66. The minimum absolute atomic E-state index is 0.215. The largest absolute Gasteiger partial charge is 0.398 e. The molecule has 1 aromatic carbocycles. The van der Waals surface area contributed by atoms with E-state index >= 15 is 0 Å². The van der Waals surface area contributed by atoms with E-state index in [9.17, 15) is 8.42 Å². The summed E-state index contributed by atoms with van der Waals surface area (Å²) >= 11 is 0. The summed E-state index contributed by atoms with van der Waals surface area (Å²) in [5.41, 5.74) is 7.56. The van der Waals surface area contributed by atoms with Gasteiger partial charge in [0, 0.05) is 19.3 Å². The summed E-state index contributed by atoms with van der Waals surface area (Å²) < 4.78 is 32.6. The van der Waals surface area contributed by atoms with Gasteiger partial charge in [-0.25, -0.2) is 0 Å². The second-order valence-corrected chi connectivity index (χ2v) is 5.06. The van der Waals surface area contributed by atoms with Crippen molar-refractivity contribution < 1.29 is 13.2 Å². The lowest BCUT2D eigenvalue weighted by Crippen LogP contribution is -2.32. The molecule has 0 radical (unpaired) electrons. The van der Waals surface area contributed by atoms with E-state index in [1.807, 2.05) is 6.92 Å². The molecule has 0 unspecified atom stereocenters. The maximum atomic E-state index is 11.6. The van der Waals surface area contributed by atoms with Gasteiger partial charge >= 0.3 is 0 Å². The van der Waals surface area contributed by atoms with Crippen LogP contribution in [0.1, 0.15) is 5.56 Å². The summed E-state index contributed by atoms with van der Waals surface area (Å²) in [5, 5.41) is 0. The average Bonchev–Trinajstić information content (AvgIpc) is 2.23. The fraction of sp³-hybridized carbons (Fsp3) is 0.400. The summed E-state index contributed by atoms with van der Waals surface area (Å²) in [6, 6.07) is 4.98. The third-order valence-corrected chi connectivity index (χ3v) is 3.22. The van der Waals surface area contributed by atoms with Crippen molar-refractivity contribution in [3.63, 3.8) is 0 Å². The fourth-order valence-corrected chi connectivity index (χ4v) is 2.03. The van der Waals surface area contributed by atoms with E-state index in [-0.39, 0.29) is 6.54 Å².